The maximum atomic E-state index is 11.3. The Hall–Kier alpha value is -1.50. The first-order chi connectivity index (χ1) is 6.49. The molecule has 1 N–H and O–H groups in total. The molecular formula is C10H13NO3. The van der Waals surface area contributed by atoms with Crippen molar-refractivity contribution in [3.63, 3.8) is 0 Å². The summed E-state index contributed by atoms with van der Waals surface area (Å²) in [6, 6.07) is 0. The SMILES string of the molecule is CC#CC(=O)N1CCC(C)(C(=O)O)C1. The first kappa shape index (κ1) is 10.6. The molecular weight excluding hydrogens is 182 g/mol. The summed E-state index contributed by atoms with van der Waals surface area (Å²) in [4.78, 5) is 23.7. The highest BCUT2D eigenvalue weighted by atomic mass is 16.4. The molecule has 1 heterocycles. The van der Waals surface area contributed by atoms with Gasteiger partial charge in [0, 0.05) is 13.1 Å². The molecule has 1 unspecified atom stereocenters. The quantitative estimate of drug-likeness (QED) is 0.613. The van der Waals surface area contributed by atoms with Crippen molar-refractivity contribution in [3.05, 3.63) is 0 Å². The van der Waals surface area contributed by atoms with Gasteiger partial charge in [-0.25, -0.2) is 0 Å². The number of rotatable bonds is 1. The van der Waals surface area contributed by atoms with Crippen LogP contribution in [0.2, 0.25) is 0 Å². The number of hydrogen-bond acceptors (Lipinski definition) is 2. The van der Waals surface area contributed by atoms with E-state index in [0.717, 1.165) is 0 Å². The lowest BCUT2D eigenvalue weighted by molar-refractivity contribution is -0.147. The van der Waals surface area contributed by atoms with E-state index in [1.54, 1.807) is 13.8 Å². The number of hydrogen-bond donors (Lipinski definition) is 1. The summed E-state index contributed by atoms with van der Waals surface area (Å²) in [5.41, 5.74) is -0.801. The second-order valence-electron chi connectivity index (χ2n) is 3.72. The number of carbonyl (C=O) groups excluding carboxylic acids is 1. The number of carbonyl (C=O) groups is 2. The molecule has 1 aliphatic rings. The molecule has 0 spiro atoms. The third kappa shape index (κ3) is 1.87. The molecule has 14 heavy (non-hydrogen) atoms. The van der Waals surface area contributed by atoms with Crippen molar-refractivity contribution < 1.29 is 14.7 Å². The van der Waals surface area contributed by atoms with Crippen molar-refractivity contribution in [2.45, 2.75) is 20.3 Å². The van der Waals surface area contributed by atoms with Crippen LogP contribution in [0.15, 0.2) is 0 Å². The van der Waals surface area contributed by atoms with Crippen LogP contribution in [0.1, 0.15) is 20.3 Å². The van der Waals surface area contributed by atoms with Gasteiger partial charge in [-0.05, 0) is 26.2 Å². The fourth-order valence-electron chi connectivity index (χ4n) is 1.49. The van der Waals surface area contributed by atoms with Crippen LogP contribution in [0.5, 0.6) is 0 Å². The first-order valence-corrected chi connectivity index (χ1v) is 4.45. The normalized spacial score (nSPS) is 25.4. The van der Waals surface area contributed by atoms with E-state index in [1.807, 2.05) is 0 Å². The Kier molecular flexibility index (Phi) is 2.80. The van der Waals surface area contributed by atoms with Crippen LogP contribution in [0, 0.1) is 17.3 Å². The fourth-order valence-corrected chi connectivity index (χ4v) is 1.49. The largest absolute Gasteiger partial charge is 0.481 e. The van der Waals surface area contributed by atoms with E-state index in [-0.39, 0.29) is 12.5 Å². The van der Waals surface area contributed by atoms with E-state index in [0.29, 0.717) is 13.0 Å². The van der Waals surface area contributed by atoms with Crippen LogP contribution in [0.25, 0.3) is 0 Å². The summed E-state index contributed by atoms with van der Waals surface area (Å²) in [6.07, 6.45) is 0.499. The van der Waals surface area contributed by atoms with E-state index < -0.39 is 11.4 Å². The molecule has 0 aromatic carbocycles. The van der Waals surface area contributed by atoms with Crippen molar-refractivity contribution in [3.8, 4) is 11.8 Å². The molecule has 0 radical (unpaired) electrons. The highest BCUT2D eigenvalue weighted by molar-refractivity contribution is 5.94. The molecule has 0 aromatic rings. The molecule has 1 atom stereocenters. The van der Waals surface area contributed by atoms with Gasteiger partial charge < -0.3 is 10.0 Å². The topological polar surface area (TPSA) is 57.6 Å². The number of carboxylic acids is 1. The zero-order valence-corrected chi connectivity index (χ0v) is 8.33. The monoisotopic (exact) mass is 195 g/mol. The van der Waals surface area contributed by atoms with Gasteiger partial charge in [-0.2, -0.15) is 0 Å². The summed E-state index contributed by atoms with van der Waals surface area (Å²) in [5, 5.41) is 8.93. The molecule has 0 saturated carbocycles. The number of carboxylic acid groups (broad SMARTS) is 1. The van der Waals surface area contributed by atoms with Crippen molar-refractivity contribution in [1.29, 1.82) is 0 Å². The lowest BCUT2D eigenvalue weighted by Gasteiger charge is -2.18. The van der Waals surface area contributed by atoms with E-state index in [9.17, 15) is 9.59 Å². The van der Waals surface area contributed by atoms with Crippen LogP contribution in [0.3, 0.4) is 0 Å². The Labute approximate surface area is 82.9 Å². The predicted molar refractivity (Wildman–Crippen MR) is 50.4 cm³/mol. The molecule has 4 heteroatoms. The van der Waals surface area contributed by atoms with E-state index in [4.69, 9.17) is 5.11 Å². The minimum atomic E-state index is -0.850. The van der Waals surface area contributed by atoms with Crippen LogP contribution < -0.4 is 0 Å². The third-order valence-electron chi connectivity index (χ3n) is 2.51. The molecule has 76 valence electrons. The van der Waals surface area contributed by atoms with Crippen molar-refractivity contribution in [2.75, 3.05) is 13.1 Å². The number of amides is 1. The summed E-state index contributed by atoms with van der Waals surface area (Å²) in [6.45, 7) is 3.98. The van der Waals surface area contributed by atoms with Gasteiger partial charge in [-0.1, -0.05) is 5.92 Å². The van der Waals surface area contributed by atoms with Crippen LogP contribution in [-0.4, -0.2) is 35.0 Å². The van der Waals surface area contributed by atoms with Crippen molar-refractivity contribution in [2.24, 2.45) is 5.41 Å². The summed E-state index contributed by atoms with van der Waals surface area (Å²) >= 11 is 0. The average Bonchev–Trinajstić information content (AvgIpc) is 2.50. The van der Waals surface area contributed by atoms with Gasteiger partial charge >= 0.3 is 5.97 Å². The maximum absolute atomic E-state index is 11.3. The molecule has 0 aromatic heterocycles. The van der Waals surface area contributed by atoms with Gasteiger partial charge in [0.05, 0.1) is 5.41 Å². The highest BCUT2D eigenvalue weighted by Gasteiger charge is 2.41. The van der Waals surface area contributed by atoms with E-state index >= 15 is 0 Å². The average molecular weight is 195 g/mol. The number of aliphatic carboxylic acids is 1. The zero-order valence-electron chi connectivity index (χ0n) is 8.33. The standard InChI is InChI=1S/C10H13NO3/c1-3-4-8(12)11-6-5-10(2,7-11)9(13)14/h5-7H2,1-2H3,(H,13,14). The Morgan fingerprint density at radius 3 is 2.57 bits per heavy atom. The second-order valence-corrected chi connectivity index (χ2v) is 3.72. The van der Waals surface area contributed by atoms with E-state index in [2.05, 4.69) is 11.8 Å². The molecule has 0 aliphatic carbocycles. The number of nitrogens with zero attached hydrogens (tertiary/aromatic N) is 1. The van der Waals surface area contributed by atoms with Crippen molar-refractivity contribution >= 4 is 11.9 Å². The van der Waals surface area contributed by atoms with Crippen LogP contribution >= 0.6 is 0 Å². The highest BCUT2D eigenvalue weighted by Crippen LogP contribution is 2.29. The lowest BCUT2D eigenvalue weighted by Crippen LogP contribution is -2.34. The summed E-state index contributed by atoms with van der Waals surface area (Å²) in [7, 11) is 0. The Balaban J connectivity index is 2.69. The molecule has 1 aliphatic heterocycles. The fraction of sp³-hybridized carbons (Fsp3) is 0.600. The zero-order chi connectivity index (χ0) is 10.8. The van der Waals surface area contributed by atoms with Crippen LogP contribution in [0.4, 0.5) is 0 Å². The molecule has 1 amide bonds. The number of likely N-dealkylation sites (tertiary alicyclic amines) is 1. The summed E-state index contributed by atoms with van der Waals surface area (Å²) in [5.74, 6) is 3.79. The van der Waals surface area contributed by atoms with Gasteiger partial charge in [-0.3, -0.25) is 9.59 Å². The summed E-state index contributed by atoms with van der Waals surface area (Å²) < 4.78 is 0. The molecule has 1 fully saturated rings. The minimum absolute atomic E-state index is 0.260. The van der Waals surface area contributed by atoms with Gasteiger partial charge in [0.1, 0.15) is 0 Å². The Morgan fingerprint density at radius 1 is 1.50 bits per heavy atom. The van der Waals surface area contributed by atoms with Crippen LogP contribution in [-0.2, 0) is 9.59 Å². The minimum Gasteiger partial charge on any atom is -0.481 e. The van der Waals surface area contributed by atoms with Gasteiger partial charge in [0.2, 0.25) is 0 Å². The second kappa shape index (κ2) is 3.70. The Bertz CT molecular complexity index is 326. The maximum Gasteiger partial charge on any atom is 0.311 e. The van der Waals surface area contributed by atoms with Gasteiger partial charge in [0.15, 0.2) is 0 Å². The smallest absolute Gasteiger partial charge is 0.311 e. The van der Waals surface area contributed by atoms with Crippen molar-refractivity contribution in [1.82, 2.24) is 4.90 Å². The Morgan fingerprint density at radius 2 is 2.14 bits per heavy atom. The third-order valence-corrected chi connectivity index (χ3v) is 2.51. The molecule has 4 nitrogen and oxygen atoms in total. The first-order valence-electron chi connectivity index (χ1n) is 4.45. The van der Waals surface area contributed by atoms with Gasteiger partial charge in [-0.15, -0.1) is 0 Å². The molecule has 0 bridgehead atoms. The predicted octanol–water partition coefficient (Wildman–Crippen LogP) is 0.333. The van der Waals surface area contributed by atoms with Gasteiger partial charge in [0.25, 0.3) is 5.91 Å². The lowest BCUT2D eigenvalue weighted by atomic mass is 9.90. The van der Waals surface area contributed by atoms with E-state index in [1.165, 1.54) is 4.90 Å². The molecule has 1 rings (SSSR count). The molecule has 1 saturated heterocycles.